The van der Waals surface area contributed by atoms with Gasteiger partial charge in [-0.1, -0.05) is 36.4 Å². The molecule has 0 saturated carbocycles. The van der Waals surface area contributed by atoms with Crippen LogP contribution in [0.3, 0.4) is 0 Å². The number of nitrogens with zero attached hydrogens (tertiary/aromatic N) is 4. The van der Waals surface area contributed by atoms with E-state index in [4.69, 9.17) is 4.74 Å². The summed E-state index contributed by atoms with van der Waals surface area (Å²) >= 11 is 0. The molecule has 1 unspecified atom stereocenters. The first-order valence-corrected chi connectivity index (χ1v) is 12.2. The molecule has 2 heterocycles. The molecule has 4 aromatic rings. The van der Waals surface area contributed by atoms with E-state index in [0.29, 0.717) is 24.4 Å². The topological polar surface area (TPSA) is 125 Å². The van der Waals surface area contributed by atoms with Gasteiger partial charge in [-0.2, -0.15) is 0 Å². The summed E-state index contributed by atoms with van der Waals surface area (Å²) in [5.41, 5.74) is 3.59. The summed E-state index contributed by atoms with van der Waals surface area (Å²) in [4.78, 5) is 28.4. The number of ether oxygens (including phenoxy) is 1. The summed E-state index contributed by atoms with van der Waals surface area (Å²) in [5.74, 6) is 0.856. The molecule has 2 amide bonds. The molecule has 38 heavy (non-hydrogen) atoms. The number of carbonyl (C=O) groups excluding carboxylic acids is 2. The Labute approximate surface area is 226 Å². The van der Waals surface area contributed by atoms with Gasteiger partial charge in [0.15, 0.2) is 5.82 Å². The number of rotatable bonds is 7. The second-order valence-corrected chi connectivity index (χ2v) is 9.06. The number of methoxy groups -OCH3 is 1. The number of halogens is 1. The van der Waals surface area contributed by atoms with Gasteiger partial charge in [0.05, 0.1) is 19.7 Å². The molecule has 0 saturated heterocycles. The molecular formula is C27H30ClN7O3. The van der Waals surface area contributed by atoms with Gasteiger partial charge in [0.1, 0.15) is 11.8 Å². The second-order valence-electron chi connectivity index (χ2n) is 9.06. The molecule has 2 atom stereocenters. The van der Waals surface area contributed by atoms with Gasteiger partial charge in [0.2, 0.25) is 11.8 Å². The number of aryl methyl sites for hydroxylation is 1. The van der Waals surface area contributed by atoms with E-state index in [1.54, 1.807) is 26.0 Å². The number of benzene rings is 3. The minimum atomic E-state index is -0.646. The van der Waals surface area contributed by atoms with Crippen LogP contribution >= 0.6 is 12.4 Å². The Morgan fingerprint density at radius 1 is 1.16 bits per heavy atom. The molecule has 5 rings (SSSR count). The average Bonchev–Trinajstić information content (AvgIpc) is 3.43. The summed E-state index contributed by atoms with van der Waals surface area (Å²) in [6.45, 7) is 2.04. The molecule has 3 aromatic carbocycles. The van der Waals surface area contributed by atoms with E-state index in [-0.39, 0.29) is 30.8 Å². The molecule has 0 bridgehead atoms. The predicted molar refractivity (Wildman–Crippen MR) is 147 cm³/mol. The Kier molecular flexibility index (Phi) is 8.23. The fraction of sp³-hybridized carbons (Fsp3) is 0.296. The average molecular weight is 536 g/mol. The lowest BCUT2D eigenvalue weighted by Crippen LogP contribution is -2.52. The summed E-state index contributed by atoms with van der Waals surface area (Å²) in [6, 6.07) is 16.6. The van der Waals surface area contributed by atoms with Crippen molar-refractivity contribution < 1.29 is 14.3 Å². The smallest absolute Gasteiger partial charge is 0.249 e. The maximum Gasteiger partial charge on any atom is 0.249 e. The van der Waals surface area contributed by atoms with Crippen LogP contribution in [0.4, 0.5) is 5.69 Å². The number of hydrogen-bond donors (Lipinski definition) is 3. The van der Waals surface area contributed by atoms with Crippen LogP contribution < -0.4 is 20.3 Å². The molecule has 1 aliphatic rings. The second kappa shape index (κ2) is 11.6. The van der Waals surface area contributed by atoms with Gasteiger partial charge < -0.3 is 20.3 Å². The molecule has 3 N–H and O–H groups in total. The molecule has 0 spiro atoms. The zero-order valence-electron chi connectivity index (χ0n) is 21.4. The number of aromatic nitrogens is 4. The van der Waals surface area contributed by atoms with Gasteiger partial charge in [-0.3, -0.25) is 9.59 Å². The van der Waals surface area contributed by atoms with Crippen LogP contribution in [0, 0.1) is 0 Å². The minimum absolute atomic E-state index is 0. The number of carbonyl (C=O) groups is 2. The van der Waals surface area contributed by atoms with Gasteiger partial charge in [0, 0.05) is 16.8 Å². The number of para-hydroxylation sites is 1. The highest BCUT2D eigenvalue weighted by Crippen LogP contribution is 2.36. The monoisotopic (exact) mass is 535 g/mol. The van der Waals surface area contributed by atoms with Crippen LogP contribution in [0.5, 0.6) is 5.75 Å². The first-order chi connectivity index (χ1) is 18.0. The minimum Gasteiger partial charge on any atom is -0.496 e. The van der Waals surface area contributed by atoms with Crippen molar-refractivity contribution in [3.8, 4) is 17.1 Å². The number of tetrazole rings is 1. The standard InChI is InChI=1S/C27H29N7O3.ClH/c1-16(28-2)26(35)29-22-13-11-17-7-4-5-10-23(17)34(27(22)36)15-21-18-8-6-9-20(25-30-32-33-31-25)19(18)12-14-24(21)37-3;/h4-10,12,14,16,22,28H,11,13,15H2,1-3H3,(H,29,35)(H,30,31,32,33);1H/t16?,22-;/m0./s1. The Morgan fingerprint density at radius 3 is 2.71 bits per heavy atom. The Morgan fingerprint density at radius 2 is 1.97 bits per heavy atom. The Bertz CT molecular complexity index is 1440. The van der Waals surface area contributed by atoms with Gasteiger partial charge >= 0.3 is 0 Å². The molecule has 1 aliphatic heterocycles. The highest BCUT2D eigenvalue weighted by Gasteiger charge is 2.33. The lowest BCUT2D eigenvalue weighted by molar-refractivity contribution is -0.128. The van der Waals surface area contributed by atoms with Crippen molar-refractivity contribution >= 4 is 40.7 Å². The van der Waals surface area contributed by atoms with Crippen LogP contribution in [0.1, 0.15) is 24.5 Å². The molecule has 1 aromatic heterocycles. The van der Waals surface area contributed by atoms with E-state index < -0.39 is 12.1 Å². The van der Waals surface area contributed by atoms with Crippen LogP contribution in [0.15, 0.2) is 54.6 Å². The summed E-state index contributed by atoms with van der Waals surface area (Å²) in [5, 5.41) is 22.1. The fourth-order valence-corrected chi connectivity index (χ4v) is 4.83. The SMILES string of the molecule is CNC(C)C(=O)N[C@H]1CCc2ccccc2N(Cc2c(OC)ccc3c(-c4nnn[nH]4)cccc23)C1=O.Cl. The number of nitrogens with one attached hydrogen (secondary N) is 3. The third-order valence-electron chi connectivity index (χ3n) is 6.96. The van der Waals surface area contributed by atoms with Crippen molar-refractivity contribution in [2.75, 3.05) is 19.1 Å². The quantitative estimate of drug-likeness (QED) is 0.332. The predicted octanol–water partition coefficient (Wildman–Crippen LogP) is 3.02. The Balaban J connectivity index is 0.00000336. The molecule has 0 fully saturated rings. The molecular weight excluding hydrogens is 506 g/mol. The van der Waals surface area contributed by atoms with E-state index in [1.807, 2.05) is 54.6 Å². The maximum atomic E-state index is 14.0. The maximum absolute atomic E-state index is 14.0. The molecule has 11 heteroatoms. The number of fused-ring (bicyclic) bond motifs is 2. The first kappa shape index (κ1) is 27.0. The lowest BCUT2D eigenvalue weighted by atomic mass is 9.98. The number of hydrogen-bond acceptors (Lipinski definition) is 7. The van der Waals surface area contributed by atoms with E-state index in [1.165, 1.54) is 0 Å². The normalized spacial score (nSPS) is 15.8. The highest BCUT2D eigenvalue weighted by atomic mass is 35.5. The summed E-state index contributed by atoms with van der Waals surface area (Å²) in [7, 11) is 3.34. The lowest BCUT2D eigenvalue weighted by Gasteiger charge is -2.28. The van der Waals surface area contributed by atoms with Crippen molar-refractivity contribution in [1.29, 1.82) is 0 Å². The molecule has 0 aliphatic carbocycles. The summed E-state index contributed by atoms with van der Waals surface area (Å²) in [6.07, 6.45) is 1.19. The van der Waals surface area contributed by atoms with Crippen molar-refractivity contribution in [2.45, 2.75) is 38.4 Å². The number of amides is 2. The van der Waals surface area contributed by atoms with Crippen molar-refractivity contribution in [3.05, 3.63) is 65.7 Å². The largest absolute Gasteiger partial charge is 0.496 e. The van der Waals surface area contributed by atoms with Gasteiger partial charge in [0.25, 0.3) is 0 Å². The highest BCUT2D eigenvalue weighted by molar-refractivity contribution is 6.03. The van der Waals surface area contributed by atoms with E-state index in [2.05, 4.69) is 31.3 Å². The number of H-pyrrole nitrogens is 1. The van der Waals surface area contributed by atoms with Crippen molar-refractivity contribution in [2.24, 2.45) is 0 Å². The van der Waals surface area contributed by atoms with Crippen molar-refractivity contribution in [1.82, 2.24) is 31.3 Å². The van der Waals surface area contributed by atoms with Crippen LogP contribution in [-0.2, 0) is 22.6 Å². The van der Waals surface area contributed by atoms with E-state index in [0.717, 1.165) is 33.2 Å². The van der Waals surface area contributed by atoms with Crippen LogP contribution in [-0.4, -0.2) is 58.7 Å². The molecule has 0 radical (unpaired) electrons. The number of anilines is 1. The summed E-state index contributed by atoms with van der Waals surface area (Å²) < 4.78 is 5.75. The third kappa shape index (κ3) is 5.05. The van der Waals surface area contributed by atoms with Crippen LogP contribution in [0.2, 0.25) is 0 Å². The first-order valence-electron chi connectivity index (χ1n) is 12.2. The number of likely N-dealkylation sites (N-methyl/N-ethyl adjacent to an activating group) is 1. The zero-order valence-corrected chi connectivity index (χ0v) is 22.2. The fourth-order valence-electron chi connectivity index (χ4n) is 4.83. The molecule has 198 valence electrons. The van der Waals surface area contributed by atoms with E-state index in [9.17, 15) is 9.59 Å². The van der Waals surface area contributed by atoms with Gasteiger partial charge in [-0.05, 0) is 71.8 Å². The van der Waals surface area contributed by atoms with Gasteiger partial charge in [-0.25, -0.2) is 5.10 Å². The van der Waals surface area contributed by atoms with Gasteiger partial charge in [-0.15, -0.1) is 17.5 Å². The van der Waals surface area contributed by atoms with E-state index >= 15 is 0 Å². The number of aromatic amines is 1. The van der Waals surface area contributed by atoms with Crippen molar-refractivity contribution in [3.63, 3.8) is 0 Å². The zero-order chi connectivity index (χ0) is 25.9. The van der Waals surface area contributed by atoms with Crippen LogP contribution in [0.25, 0.3) is 22.2 Å². The molecule has 10 nitrogen and oxygen atoms in total. The third-order valence-corrected chi connectivity index (χ3v) is 6.96. The Hall–Kier alpha value is -4.02.